The fourth-order valence-corrected chi connectivity index (χ4v) is 1.63. The van der Waals surface area contributed by atoms with Gasteiger partial charge in [-0.3, -0.25) is 0 Å². The summed E-state index contributed by atoms with van der Waals surface area (Å²) in [5.74, 6) is -3.30. The van der Waals surface area contributed by atoms with Crippen LogP contribution in [0, 0.1) is 0 Å². The van der Waals surface area contributed by atoms with Crippen LogP contribution in [0.1, 0.15) is 37.3 Å². The molecule has 0 heterocycles. The van der Waals surface area contributed by atoms with Gasteiger partial charge < -0.3 is 4.74 Å². The molecule has 1 aromatic carbocycles. The predicted octanol–water partition coefficient (Wildman–Crippen LogP) is 4.27. The van der Waals surface area contributed by atoms with Crippen molar-refractivity contribution >= 4 is 0 Å². The molecule has 1 unspecified atom stereocenters. The number of benzene rings is 1. The lowest BCUT2D eigenvalue weighted by atomic mass is 9.95. The van der Waals surface area contributed by atoms with Crippen LogP contribution in [0.15, 0.2) is 18.2 Å². The van der Waals surface area contributed by atoms with E-state index in [1.54, 1.807) is 6.07 Å². The molecule has 0 amide bonds. The Morgan fingerprint density at radius 3 is 2.47 bits per heavy atom. The lowest BCUT2D eigenvalue weighted by Gasteiger charge is -2.19. The molecular weight excluding hydrogens is 229 g/mol. The summed E-state index contributed by atoms with van der Waals surface area (Å²) < 4.78 is 44.1. The van der Waals surface area contributed by atoms with Crippen molar-refractivity contribution in [2.24, 2.45) is 0 Å². The third kappa shape index (κ3) is 2.93. The van der Waals surface area contributed by atoms with Crippen molar-refractivity contribution in [3.63, 3.8) is 0 Å². The summed E-state index contributed by atoms with van der Waals surface area (Å²) in [6.45, 7) is 2.20. The lowest BCUT2D eigenvalue weighted by molar-refractivity contribution is -0.0300. The Hall–Kier alpha value is -1.19. The Balaban J connectivity index is 3.24. The van der Waals surface area contributed by atoms with Gasteiger partial charge in [-0.05, 0) is 30.0 Å². The Bertz CT molecular complexity index is 377. The van der Waals surface area contributed by atoms with Crippen molar-refractivity contribution in [1.82, 2.24) is 0 Å². The molecule has 0 aliphatic carbocycles. The average molecular weight is 246 g/mol. The van der Waals surface area contributed by atoms with Gasteiger partial charge >= 0.3 is 5.92 Å². The van der Waals surface area contributed by atoms with Crippen LogP contribution in [0.5, 0.6) is 5.75 Å². The van der Waals surface area contributed by atoms with Gasteiger partial charge in [0.15, 0.2) is 6.67 Å². The van der Waals surface area contributed by atoms with Crippen LogP contribution in [0.3, 0.4) is 0 Å². The van der Waals surface area contributed by atoms with Crippen LogP contribution >= 0.6 is 0 Å². The summed E-state index contributed by atoms with van der Waals surface area (Å²) in [6, 6.07) is 4.55. The molecule has 4 heteroatoms. The van der Waals surface area contributed by atoms with E-state index in [0.29, 0.717) is 0 Å². The molecule has 1 rings (SSSR count). The number of alkyl halides is 3. The largest absolute Gasteiger partial charge is 0.496 e. The fraction of sp³-hybridized carbons (Fsp3) is 0.538. The molecule has 1 nitrogen and oxygen atoms in total. The number of halogens is 3. The summed E-state index contributed by atoms with van der Waals surface area (Å²) in [5.41, 5.74) is 0.400. The second kappa shape index (κ2) is 5.43. The van der Waals surface area contributed by atoms with Crippen molar-refractivity contribution in [2.75, 3.05) is 13.8 Å². The molecule has 0 radical (unpaired) electrons. The number of ether oxygens (including phenoxy) is 1. The predicted molar refractivity (Wildman–Crippen MR) is 61.6 cm³/mol. The van der Waals surface area contributed by atoms with Gasteiger partial charge in [0.2, 0.25) is 0 Å². The Morgan fingerprint density at radius 2 is 2.00 bits per heavy atom. The van der Waals surface area contributed by atoms with Crippen molar-refractivity contribution < 1.29 is 17.9 Å². The first kappa shape index (κ1) is 13.9. The minimum atomic E-state index is -3.49. The molecule has 0 fully saturated rings. The first-order chi connectivity index (χ1) is 7.96. The Kier molecular flexibility index (Phi) is 4.43. The first-order valence-electron chi connectivity index (χ1n) is 5.58. The van der Waals surface area contributed by atoms with Crippen molar-refractivity contribution in [2.45, 2.75) is 32.1 Å². The smallest absolute Gasteiger partial charge is 0.304 e. The molecule has 0 bridgehead atoms. The summed E-state index contributed by atoms with van der Waals surface area (Å²) in [4.78, 5) is 0. The Labute approximate surface area is 99.6 Å². The van der Waals surface area contributed by atoms with Gasteiger partial charge in [0.05, 0.1) is 12.7 Å². The molecule has 0 N–H and O–H groups in total. The monoisotopic (exact) mass is 246 g/mol. The molecule has 0 aliphatic heterocycles. The van der Waals surface area contributed by atoms with Gasteiger partial charge in [-0.25, -0.2) is 4.39 Å². The van der Waals surface area contributed by atoms with Gasteiger partial charge in [0.25, 0.3) is 0 Å². The van der Waals surface area contributed by atoms with E-state index in [2.05, 4.69) is 0 Å². The Morgan fingerprint density at radius 1 is 1.35 bits per heavy atom. The summed E-state index contributed by atoms with van der Waals surface area (Å²) in [7, 11) is 1.30. The highest BCUT2D eigenvalue weighted by Crippen LogP contribution is 2.37. The zero-order valence-corrected chi connectivity index (χ0v) is 10.3. The highest BCUT2D eigenvalue weighted by Gasteiger charge is 2.35. The standard InChI is InChI=1S/C13H17F3O/c1-4-9(2)10-5-6-12(17-3)11(7-10)13(15,16)8-14/h5-7,9H,4,8H2,1-3H3. The molecule has 1 atom stereocenters. The maximum Gasteiger partial charge on any atom is 0.304 e. The van der Waals surface area contributed by atoms with Crippen molar-refractivity contribution in [3.05, 3.63) is 29.3 Å². The molecule has 0 aromatic heterocycles. The second-order valence-electron chi connectivity index (χ2n) is 4.11. The SMILES string of the molecule is CCC(C)c1ccc(OC)c(C(F)(F)CF)c1. The van der Waals surface area contributed by atoms with E-state index in [4.69, 9.17) is 4.74 Å². The third-order valence-electron chi connectivity index (χ3n) is 2.97. The van der Waals surface area contributed by atoms with Gasteiger partial charge in [-0.2, -0.15) is 8.78 Å². The van der Waals surface area contributed by atoms with E-state index < -0.39 is 12.6 Å². The number of hydrogen-bond acceptors (Lipinski definition) is 1. The van der Waals surface area contributed by atoms with Gasteiger partial charge in [0.1, 0.15) is 5.75 Å². The number of methoxy groups -OCH3 is 1. The fourth-order valence-electron chi connectivity index (χ4n) is 1.63. The first-order valence-corrected chi connectivity index (χ1v) is 5.58. The van der Waals surface area contributed by atoms with Crippen LogP contribution in [0.25, 0.3) is 0 Å². The van der Waals surface area contributed by atoms with Gasteiger partial charge in [-0.15, -0.1) is 0 Å². The van der Waals surface area contributed by atoms with Crippen LogP contribution < -0.4 is 4.74 Å². The third-order valence-corrected chi connectivity index (χ3v) is 2.97. The number of hydrogen-bond donors (Lipinski definition) is 0. The summed E-state index contributed by atoms with van der Waals surface area (Å²) in [5, 5.41) is 0. The zero-order valence-electron chi connectivity index (χ0n) is 10.3. The highest BCUT2D eigenvalue weighted by atomic mass is 19.3. The van der Waals surface area contributed by atoms with Crippen LogP contribution in [-0.2, 0) is 5.92 Å². The van der Waals surface area contributed by atoms with E-state index >= 15 is 0 Å². The molecule has 17 heavy (non-hydrogen) atoms. The molecule has 0 aliphatic rings. The summed E-state index contributed by atoms with van der Waals surface area (Å²) >= 11 is 0. The van der Waals surface area contributed by atoms with Crippen LogP contribution in [-0.4, -0.2) is 13.8 Å². The van der Waals surface area contributed by atoms with E-state index in [1.165, 1.54) is 19.2 Å². The quantitative estimate of drug-likeness (QED) is 0.753. The normalized spacial score (nSPS) is 13.5. The summed E-state index contributed by atoms with van der Waals surface area (Å²) in [6.07, 6.45) is 0.840. The minimum Gasteiger partial charge on any atom is -0.496 e. The van der Waals surface area contributed by atoms with E-state index in [9.17, 15) is 13.2 Å². The van der Waals surface area contributed by atoms with Crippen molar-refractivity contribution in [3.8, 4) is 5.75 Å². The van der Waals surface area contributed by atoms with Crippen LogP contribution in [0.2, 0.25) is 0 Å². The maximum atomic E-state index is 13.4. The molecular formula is C13H17F3O. The number of rotatable bonds is 5. The molecule has 96 valence electrons. The average Bonchev–Trinajstić information content (AvgIpc) is 2.36. The van der Waals surface area contributed by atoms with Gasteiger partial charge in [0, 0.05) is 0 Å². The maximum absolute atomic E-state index is 13.4. The molecule has 0 saturated heterocycles. The molecule has 0 saturated carbocycles. The van der Waals surface area contributed by atoms with Gasteiger partial charge in [-0.1, -0.05) is 19.9 Å². The lowest BCUT2D eigenvalue weighted by Crippen LogP contribution is -2.17. The zero-order chi connectivity index (χ0) is 13.1. The molecule has 1 aromatic rings. The highest BCUT2D eigenvalue weighted by molar-refractivity contribution is 5.41. The van der Waals surface area contributed by atoms with E-state index in [1.807, 2.05) is 13.8 Å². The van der Waals surface area contributed by atoms with E-state index in [-0.39, 0.29) is 17.2 Å². The van der Waals surface area contributed by atoms with Crippen molar-refractivity contribution in [1.29, 1.82) is 0 Å². The molecule has 0 spiro atoms. The topological polar surface area (TPSA) is 9.23 Å². The second-order valence-corrected chi connectivity index (χ2v) is 4.11. The van der Waals surface area contributed by atoms with E-state index in [0.717, 1.165) is 12.0 Å². The minimum absolute atomic E-state index is 0.0275. The van der Waals surface area contributed by atoms with Crippen LogP contribution in [0.4, 0.5) is 13.2 Å².